The lowest BCUT2D eigenvalue weighted by atomic mass is 10.1. The molecule has 82 valence electrons. The first-order valence-electron chi connectivity index (χ1n) is 5.16. The molecule has 1 saturated heterocycles. The van der Waals surface area contributed by atoms with Crippen molar-refractivity contribution in [3.05, 3.63) is 0 Å². The van der Waals surface area contributed by atoms with E-state index in [9.17, 15) is 4.79 Å². The Morgan fingerprint density at radius 3 is 2.93 bits per heavy atom. The molecule has 0 aromatic carbocycles. The third-order valence-electron chi connectivity index (χ3n) is 2.63. The average Bonchev–Trinajstić information content (AvgIpc) is 2.15. The summed E-state index contributed by atoms with van der Waals surface area (Å²) in [4.78, 5) is 12.8. The molecule has 0 aromatic rings. The predicted octanol–water partition coefficient (Wildman–Crippen LogP) is 0.960. The highest BCUT2D eigenvalue weighted by Crippen LogP contribution is 2.15. The molecule has 0 bridgehead atoms. The van der Waals surface area contributed by atoms with E-state index in [-0.39, 0.29) is 12.5 Å². The van der Waals surface area contributed by atoms with E-state index >= 15 is 0 Å². The minimum atomic E-state index is -0.723. The molecule has 1 N–H and O–H groups in total. The first kappa shape index (κ1) is 11.5. The first-order valence-corrected chi connectivity index (χ1v) is 5.16. The van der Waals surface area contributed by atoms with Gasteiger partial charge in [0.15, 0.2) is 0 Å². The second-order valence-electron chi connectivity index (χ2n) is 3.99. The van der Waals surface area contributed by atoms with Gasteiger partial charge >= 0.3 is 5.97 Å². The Kier molecular flexibility index (Phi) is 4.35. The van der Waals surface area contributed by atoms with Crippen molar-refractivity contribution in [2.75, 3.05) is 19.8 Å². The highest BCUT2D eigenvalue weighted by molar-refractivity contribution is 5.66. The molecule has 0 saturated carbocycles. The van der Waals surface area contributed by atoms with Gasteiger partial charge in [-0.15, -0.1) is 0 Å². The van der Waals surface area contributed by atoms with Gasteiger partial charge in [0.1, 0.15) is 0 Å². The second-order valence-corrected chi connectivity index (χ2v) is 3.99. The number of aliphatic carboxylic acids is 1. The maximum atomic E-state index is 10.5. The summed E-state index contributed by atoms with van der Waals surface area (Å²) in [5.41, 5.74) is 0. The summed E-state index contributed by atoms with van der Waals surface area (Å²) >= 11 is 0. The Hall–Kier alpha value is -0.610. The normalized spacial score (nSPS) is 24.1. The third kappa shape index (κ3) is 3.27. The van der Waals surface area contributed by atoms with Crippen molar-refractivity contribution in [2.45, 2.75) is 38.8 Å². The van der Waals surface area contributed by atoms with Gasteiger partial charge in [-0.25, -0.2) is 0 Å². The largest absolute Gasteiger partial charge is 0.481 e. The van der Waals surface area contributed by atoms with Crippen LogP contribution in [0.4, 0.5) is 0 Å². The van der Waals surface area contributed by atoms with E-state index in [4.69, 9.17) is 9.84 Å². The lowest BCUT2D eigenvalue weighted by molar-refractivity contribution is -0.137. The molecule has 1 rings (SSSR count). The van der Waals surface area contributed by atoms with Gasteiger partial charge in [-0.3, -0.25) is 9.69 Å². The van der Waals surface area contributed by atoms with E-state index in [1.54, 1.807) is 0 Å². The number of morpholine rings is 1. The number of carboxylic acid groups (broad SMARTS) is 1. The van der Waals surface area contributed by atoms with Crippen molar-refractivity contribution < 1.29 is 14.6 Å². The van der Waals surface area contributed by atoms with Crippen molar-refractivity contribution >= 4 is 5.97 Å². The quantitative estimate of drug-likeness (QED) is 0.736. The summed E-state index contributed by atoms with van der Waals surface area (Å²) in [6.45, 7) is 6.63. The molecule has 0 amide bonds. The number of hydrogen-bond acceptors (Lipinski definition) is 3. The van der Waals surface area contributed by atoms with E-state index in [0.717, 1.165) is 13.2 Å². The molecule has 0 unspecified atom stereocenters. The molecule has 4 heteroatoms. The van der Waals surface area contributed by atoms with Gasteiger partial charge in [0, 0.05) is 25.0 Å². The van der Waals surface area contributed by atoms with Crippen molar-refractivity contribution in [3.8, 4) is 0 Å². The lowest BCUT2D eigenvalue weighted by Gasteiger charge is -2.38. The predicted molar refractivity (Wildman–Crippen MR) is 53.3 cm³/mol. The lowest BCUT2D eigenvalue weighted by Crippen LogP contribution is -2.48. The van der Waals surface area contributed by atoms with Gasteiger partial charge in [0.2, 0.25) is 0 Å². The van der Waals surface area contributed by atoms with Crippen LogP contribution in [0.15, 0.2) is 0 Å². The van der Waals surface area contributed by atoms with E-state index in [2.05, 4.69) is 18.7 Å². The molecule has 0 spiro atoms. The van der Waals surface area contributed by atoms with Gasteiger partial charge in [-0.05, 0) is 20.3 Å². The van der Waals surface area contributed by atoms with Gasteiger partial charge in [0.25, 0.3) is 0 Å². The summed E-state index contributed by atoms with van der Waals surface area (Å²) in [6, 6.07) is 0.748. The fraction of sp³-hybridized carbons (Fsp3) is 0.900. The zero-order valence-electron chi connectivity index (χ0n) is 8.90. The van der Waals surface area contributed by atoms with Crippen molar-refractivity contribution in [1.82, 2.24) is 4.90 Å². The number of rotatable bonds is 4. The second kappa shape index (κ2) is 5.32. The molecular weight excluding hydrogens is 182 g/mol. The maximum absolute atomic E-state index is 10.5. The fourth-order valence-electron chi connectivity index (χ4n) is 1.89. The van der Waals surface area contributed by atoms with Gasteiger partial charge in [0.05, 0.1) is 13.2 Å². The Bertz CT molecular complexity index is 194. The summed E-state index contributed by atoms with van der Waals surface area (Å²) in [5.74, 6) is -0.723. The van der Waals surface area contributed by atoms with Crippen LogP contribution in [0.1, 0.15) is 26.7 Å². The minimum Gasteiger partial charge on any atom is -0.481 e. The number of nitrogens with zero attached hydrogens (tertiary/aromatic N) is 1. The van der Waals surface area contributed by atoms with Crippen molar-refractivity contribution in [3.63, 3.8) is 0 Å². The van der Waals surface area contributed by atoms with Crippen molar-refractivity contribution in [1.29, 1.82) is 0 Å². The van der Waals surface area contributed by atoms with Crippen LogP contribution in [0.25, 0.3) is 0 Å². The SMILES string of the molecule is CC(C)N1CCOC[C@@H]1CCC(=O)O. The summed E-state index contributed by atoms with van der Waals surface area (Å²) in [6.07, 6.45) is 0.921. The Labute approximate surface area is 84.8 Å². The molecule has 1 atom stereocenters. The van der Waals surface area contributed by atoms with Crippen LogP contribution in [0.3, 0.4) is 0 Å². The Morgan fingerprint density at radius 1 is 1.64 bits per heavy atom. The molecule has 1 fully saturated rings. The molecule has 14 heavy (non-hydrogen) atoms. The van der Waals surface area contributed by atoms with E-state index in [1.165, 1.54) is 0 Å². The Morgan fingerprint density at radius 2 is 2.36 bits per heavy atom. The molecule has 0 aromatic heterocycles. The topological polar surface area (TPSA) is 49.8 Å². The average molecular weight is 201 g/mol. The van der Waals surface area contributed by atoms with Crippen LogP contribution in [0.5, 0.6) is 0 Å². The summed E-state index contributed by atoms with van der Waals surface area (Å²) < 4.78 is 5.36. The summed E-state index contributed by atoms with van der Waals surface area (Å²) in [7, 11) is 0. The monoisotopic (exact) mass is 201 g/mol. The van der Waals surface area contributed by atoms with Gasteiger partial charge in [-0.2, -0.15) is 0 Å². The minimum absolute atomic E-state index is 0.233. The zero-order chi connectivity index (χ0) is 10.6. The van der Waals surface area contributed by atoms with Gasteiger partial charge in [-0.1, -0.05) is 0 Å². The maximum Gasteiger partial charge on any atom is 0.303 e. The molecule has 1 aliphatic heterocycles. The van der Waals surface area contributed by atoms with Crippen LogP contribution >= 0.6 is 0 Å². The zero-order valence-corrected chi connectivity index (χ0v) is 8.90. The molecule has 1 heterocycles. The highest BCUT2D eigenvalue weighted by Gasteiger charge is 2.25. The summed E-state index contributed by atoms with van der Waals surface area (Å²) in [5, 5.41) is 8.61. The smallest absolute Gasteiger partial charge is 0.303 e. The molecule has 4 nitrogen and oxygen atoms in total. The molecule has 0 aliphatic carbocycles. The number of carbonyl (C=O) groups is 1. The molecular formula is C10H19NO3. The van der Waals surface area contributed by atoms with Crippen LogP contribution in [-0.2, 0) is 9.53 Å². The van der Waals surface area contributed by atoms with Crippen LogP contribution < -0.4 is 0 Å². The van der Waals surface area contributed by atoms with E-state index < -0.39 is 5.97 Å². The van der Waals surface area contributed by atoms with Crippen LogP contribution in [0, 0.1) is 0 Å². The first-order chi connectivity index (χ1) is 6.61. The molecule has 0 radical (unpaired) electrons. The molecule has 1 aliphatic rings. The van der Waals surface area contributed by atoms with E-state index in [1.807, 2.05) is 0 Å². The Balaban J connectivity index is 2.41. The van der Waals surface area contributed by atoms with E-state index in [0.29, 0.717) is 19.1 Å². The van der Waals surface area contributed by atoms with Crippen LogP contribution in [-0.4, -0.2) is 47.8 Å². The highest BCUT2D eigenvalue weighted by atomic mass is 16.5. The van der Waals surface area contributed by atoms with Gasteiger partial charge < -0.3 is 9.84 Å². The fourth-order valence-corrected chi connectivity index (χ4v) is 1.89. The number of ether oxygens (including phenoxy) is 1. The van der Waals surface area contributed by atoms with Crippen LogP contribution in [0.2, 0.25) is 0 Å². The number of hydrogen-bond donors (Lipinski definition) is 1. The van der Waals surface area contributed by atoms with Crippen molar-refractivity contribution in [2.24, 2.45) is 0 Å². The third-order valence-corrected chi connectivity index (χ3v) is 2.63. The standard InChI is InChI=1S/C10H19NO3/c1-8(2)11-5-6-14-7-9(11)3-4-10(12)13/h8-9H,3-7H2,1-2H3,(H,12,13)/t9-/m0/s1. The number of carboxylic acids is 1.